The Morgan fingerprint density at radius 1 is 0.903 bits per heavy atom. The fourth-order valence-electron chi connectivity index (χ4n) is 3.30. The number of benzene rings is 2. The summed E-state index contributed by atoms with van der Waals surface area (Å²) in [6.07, 6.45) is 0.823. The summed E-state index contributed by atoms with van der Waals surface area (Å²) in [5, 5.41) is 12.2. The molecule has 0 unspecified atom stereocenters. The minimum absolute atomic E-state index is 0.169. The van der Waals surface area contributed by atoms with Crippen LogP contribution in [0.5, 0.6) is 5.75 Å². The zero-order valence-electron chi connectivity index (χ0n) is 17.2. The highest BCUT2D eigenvalue weighted by molar-refractivity contribution is 6.31. The van der Waals surface area contributed by atoms with Crippen molar-refractivity contribution in [1.82, 2.24) is 19.9 Å². The van der Waals surface area contributed by atoms with Crippen LogP contribution >= 0.6 is 11.6 Å². The minimum Gasteiger partial charge on any atom is -0.497 e. The lowest BCUT2D eigenvalue weighted by Crippen LogP contribution is -2.13. The smallest absolute Gasteiger partial charge is 0.229 e. The van der Waals surface area contributed by atoms with E-state index in [1.807, 2.05) is 36.4 Å². The number of anilines is 4. The minimum atomic E-state index is 0.169. The van der Waals surface area contributed by atoms with E-state index in [9.17, 15) is 0 Å². The third-order valence-electron chi connectivity index (χ3n) is 4.76. The molecule has 0 atom stereocenters. The van der Waals surface area contributed by atoms with Gasteiger partial charge in [-0.25, -0.2) is 4.98 Å². The normalized spacial score (nSPS) is 10.9. The van der Waals surface area contributed by atoms with Crippen LogP contribution < -0.4 is 26.4 Å². The van der Waals surface area contributed by atoms with Crippen LogP contribution in [0.25, 0.3) is 21.8 Å². The number of hydrogen-bond donors (Lipinski definition) is 4. The van der Waals surface area contributed by atoms with Crippen molar-refractivity contribution in [3.63, 3.8) is 0 Å². The van der Waals surface area contributed by atoms with E-state index in [0.29, 0.717) is 23.5 Å². The summed E-state index contributed by atoms with van der Waals surface area (Å²) >= 11 is 6.19. The summed E-state index contributed by atoms with van der Waals surface area (Å²) in [4.78, 5) is 17.1. The van der Waals surface area contributed by atoms with E-state index >= 15 is 0 Å². The van der Waals surface area contributed by atoms with Gasteiger partial charge in [-0.1, -0.05) is 11.6 Å². The Kier molecular flexibility index (Phi) is 6.03. The van der Waals surface area contributed by atoms with E-state index in [2.05, 4.69) is 30.9 Å². The molecule has 10 heteroatoms. The van der Waals surface area contributed by atoms with Gasteiger partial charge in [0.1, 0.15) is 5.75 Å². The number of fused-ring (bicyclic) bond motifs is 2. The predicted octanol–water partition coefficient (Wildman–Crippen LogP) is 3.77. The molecule has 31 heavy (non-hydrogen) atoms. The quantitative estimate of drug-likeness (QED) is 0.240. The van der Waals surface area contributed by atoms with Crippen molar-refractivity contribution < 1.29 is 4.74 Å². The van der Waals surface area contributed by atoms with E-state index < -0.39 is 0 Å². The molecule has 0 saturated carbocycles. The molecule has 0 aliphatic heterocycles. The van der Waals surface area contributed by atoms with Gasteiger partial charge in [-0.3, -0.25) is 0 Å². The van der Waals surface area contributed by atoms with Crippen molar-refractivity contribution in [2.45, 2.75) is 6.42 Å². The van der Waals surface area contributed by atoms with Gasteiger partial charge in [-0.15, -0.1) is 0 Å². The summed E-state index contributed by atoms with van der Waals surface area (Å²) in [7, 11) is 3.38. The summed E-state index contributed by atoms with van der Waals surface area (Å²) in [6.45, 7) is 1.39. The zero-order chi connectivity index (χ0) is 21.8. The maximum Gasteiger partial charge on any atom is 0.229 e. The molecule has 5 N–H and O–H groups in total. The van der Waals surface area contributed by atoms with Gasteiger partial charge in [-0.05, 0) is 42.8 Å². The first kappa shape index (κ1) is 20.7. The number of nitrogens with one attached hydrogen (secondary N) is 3. The summed E-state index contributed by atoms with van der Waals surface area (Å²) < 4.78 is 5.41. The van der Waals surface area contributed by atoms with Crippen molar-refractivity contribution >= 4 is 56.9 Å². The SMILES string of the molecule is CNc1nc(N)nc(NCCCNc2c3ccc(Cl)cc3nc3ccc(OC)cc23)n1. The van der Waals surface area contributed by atoms with Crippen LogP contribution in [0, 0.1) is 0 Å². The molecule has 0 spiro atoms. The first-order valence-corrected chi connectivity index (χ1v) is 10.2. The standard InChI is InChI=1S/C21H23ClN8O/c1-24-20-28-19(23)29-21(30-20)26-9-3-8-25-18-14-6-4-12(22)10-17(14)27-16-7-5-13(31-2)11-15(16)18/h4-7,10-11H,3,8-9H2,1-2H3,(H,25,27)(H4,23,24,26,28,29,30). The maximum absolute atomic E-state index is 6.19. The second-order valence-electron chi connectivity index (χ2n) is 6.83. The number of ether oxygens (including phenoxy) is 1. The van der Waals surface area contributed by atoms with Crippen molar-refractivity contribution in [2.75, 3.05) is 48.9 Å². The van der Waals surface area contributed by atoms with Gasteiger partial charge in [-0.2, -0.15) is 15.0 Å². The van der Waals surface area contributed by atoms with Gasteiger partial charge in [0, 0.05) is 35.9 Å². The van der Waals surface area contributed by atoms with Gasteiger partial charge in [0.15, 0.2) is 0 Å². The monoisotopic (exact) mass is 438 g/mol. The number of hydrogen-bond acceptors (Lipinski definition) is 9. The van der Waals surface area contributed by atoms with Crippen molar-refractivity contribution in [2.24, 2.45) is 0 Å². The second kappa shape index (κ2) is 9.05. The Balaban J connectivity index is 1.52. The first-order valence-electron chi connectivity index (χ1n) is 9.81. The fourth-order valence-corrected chi connectivity index (χ4v) is 3.47. The number of halogens is 1. The molecule has 4 aromatic rings. The lowest BCUT2D eigenvalue weighted by molar-refractivity contribution is 0.415. The molecule has 0 fully saturated rings. The van der Waals surface area contributed by atoms with Crippen LogP contribution in [0.2, 0.25) is 5.02 Å². The number of rotatable bonds is 8. The topological polar surface area (TPSA) is 123 Å². The van der Waals surface area contributed by atoms with Crippen LogP contribution in [0.15, 0.2) is 36.4 Å². The molecule has 4 rings (SSSR count). The van der Waals surface area contributed by atoms with E-state index in [0.717, 1.165) is 46.2 Å². The van der Waals surface area contributed by atoms with E-state index in [1.165, 1.54) is 0 Å². The molecule has 0 aliphatic carbocycles. The van der Waals surface area contributed by atoms with E-state index in [-0.39, 0.29) is 5.95 Å². The van der Waals surface area contributed by atoms with Crippen LogP contribution in [0.4, 0.5) is 23.5 Å². The molecular formula is C21H23ClN8O. The fraction of sp³-hybridized carbons (Fsp3) is 0.238. The Morgan fingerprint density at radius 2 is 1.71 bits per heavy atom. The molecule has 0 amide bonds. The Bertz CT molecular complexity index is 1230. The molecule has 0 saturated heterocycles. The molecule has 0 radical (unpaired) electrons. The van der Waals surface area contributed by atoms with Gasteiger partial charge < -0.3 is 26.4 Å². The molecule has 2 aromatic carbocycles. The molecule has 160 valence electrons. The van der Waals surface area contributed by atoms with Crippen molar-refractivity contribution in [1.29, 1.82) is 0 Å². The predicted molar refractivity (Wildman–Crippen MR) is 126 cm³/mol. The number of nitrogen functional groups attached to an aromatic ring is 1. The highest BCUT2D eigenvalue weighted by Crippen LogP contribution is 2.34. The third-order valence-corrected chi connectivity index (χ3v) is 4.99. The van der Waals surface area contributed by atoms with Gasteiger partial charge in [0.05, 0.1) is 23.8 Å². The lowest BCUT2D eigenvalue weighted by atomic mass is 10.1. The van der Waals surface area contributed by atoms with Crippen LogP contribution in [-0.2, 0) is 0 Å². The average molecular weight is 439 g/mol. The highest BCUT2D eigenvalue weighted by atomic mass is 35.5. The van der Waals surface area contributed by atoms with Gasteiger partial charge in [0.25, 0.3) is 0 Å². The van der Waals surface area contributed by atoms with Crippen molar-refractivity contribution in [3.05, 3.63) is 41.4 Å². The summed E-state index contributed by atoms with van der Waals surface area (Å²) in [6, 6.07) is 11.6. The Hall–Kier alpha value is -3.59. The summed E-state index contributed by atoms with van der Waals surface area (Å²) in [5.74, 6) is 1.81. The first-order chi connectivity index (χ1) is 15.1. The molecule has 9 nitrogen and oxygen atoms in total. The average Bonchev–Trinajstić information content (AvgIpc) is 2.77. The molecular weight excluding hydrogens is 416 g/mol. The maximum atomic E-state index is 6.19. The molecule has 0 aliphatic rings. The van der Waals surface area contributed by atoms with Gasteiger partial charge in [0.2, 0.25) is 17.8 Å². The van der Waals surface area contributed by atoms with Crippen LogP contribution in [0.3, 0.4) is 0 Å². The summed E-state index contributed by atoms with van der Waals surface area (Å²) in [5.41, 5.74) is 8.41. The number of nitrogens with two attached hydrogens (primary N) is 1. The zero-order valence-corrected chi connectivity index (χ0v) is 18.0. The molecule has 0 bridgehead atoms. The number of nitrogens with zero attached hydrogens (tertiary/aromatic N) is 4. The van der Waals surface area contributed by atoms with E-state index in [1.54, 1.807) is 14.2 Å². The third kappa shape index (κ3) is 4.61. The number of pyridine rings is 1. The second-order valence-corrected chi connectivity index (χ2v) is 7.27. The van der Waals surface area contributed by atoms with Gasteiger partial charge >= 0.3 is 0 Å². The van der Waals surface area contributed by atoms with E-state index in [4.69, 9.17) is 27.1 Å². The molecule has 2 heterocycles. The highest BCUT2D eigenvalue weighted by Gasteiger charge is 2.11. The molecule has 2 aromatic heterocycles. The Morgan fingerprint density at radius 3 is 2.52 bits per heavy atom. The number of methoxy groups -OCH3 is 1. The number of aromatic nitrogens is 4. The van der Waals surface area contributed by atoms with Crippen molar-refractivity contribution in [3.8, 4) is 5.75 Å². The Labute approximate surface area is 184 Å². The largest absolute Gasteiger partial charge is 0.497 e. The van der Waals surface area contributed by atoms with Crippen LogP contribution in [0.1, 0.15) is 6.42 Å². The van der Waals surface area contributed by atoms with Crippen LogP contribution in [-0.4, -0.2) is 47.2 Å². The lowest BCUT2D eigenvalue weighted by Gasteiger charge is -2.14.